The quantitative estimate of drug-likeness (QED) is 0.586. The van der Waals surface area contributed by atoms with Gasteiger partial charge in [-0.25, -0.2) is 8.78 Å². The molecule has 0 unspecified atom stereocenters. The molecule has 0 saturated carbocycles. The fourth-order valence-electron chi connectivity index (χ4n) is 1.34. The summed E-state index contributed by atoms with van der Waals surface area (Å²) < 4.78 is 25.3. The molecule has 0 saturated heterocycles. The van der Waals surface area contributed by atoms with E-state index in [0.717, 1.165) is 0 Å². The molecule has 1 heterocycles. The van der Waals surface area contributed by atoms with Crippen molar-refractivity contribution in [3.05, 3.63) is 33.0 Å². The Morgan fingerprint density at radius 1 is 1.69 bits per heavy atom. The summed E-state index contributed by atoms with van der Waals surface area (Å²) in [6, 6.07) is 2.95. The van der Waals surface area contributed by atoms with Crippen LogP contribution in [0.15, 0.2) is 6.07 Å². The summed E-state index contributed by atoms with van der Waals surface area (Å²) in [7, 11) is 0. The van der Waals surface area contributed by atoms with E-state index in [4.69, 9.17) is 5.26 Å². The Morgan fingerprint density at radius 3 is 2.75 bits per heavy atom. The first kappa shape index (κ1) is 12.0. The van der Waals surface area contributed by atoms with Gasteiger partial charge in [0.1, 0.15) is 11.3 Å². The number of rotatable bonds is 3. The summed E-state index contributed by atoms with van der Waals surface area (Å²) in [6.45, 7) is 1.45. The number of aryl methyl sites for hydroxylation is 1. The minimum atomic E-state index is -3.02. The number of pyridine rings is 1. The van der Waals surface area contributed by atoms with Gasteiger partial charge >= 0.3 is 5.82 Å². The van der Waals surface area contributed by atoms with Gasteiger partial charge in [0.05, 0.1) is 12.5 Å². The molecule has 7 heteroatoms. The van der Waals surface area contributed by atoms with Crippen LogP contribution in [0.5, 0.6) is 0 Å². The Bertz CT molecular complexity index is 469. The predicted molar refractivity (Wildman–Crippen MR) is 49.9 cm³/mol. The first-order chi connectivity index (χ1) is 7.47. The lowest BCUT2D eigenvalue weighted by atomic mass is 10.1. The van der Waals surface area contributed by atoms with E-state index >= 15 is 0 Å². The Morgan fingerprint density at radius 2 is 2.31 bits per heavy atom. The molecule has 0 spiro atoms. The maximum absolute atomic E-state index is 12.6. The molecule has 0 aliphatic heterocycles. The normalized spacial score (nSPS) is 10.2. The molecule has 0 radical (unpaired) electrons. The molecule has 5 nitrogen and oxygen atoms in total. The highest BCUT2D eigenvalue weighted by Crippen LogP contribution is 2.31. The van der Waals surface area contributed by atoms with Gasteiger partial charge in [0.2, 0.25) is 0 Å². The van der Waals surface area contributed by atoms with Gasteiger partial charge in [-0.05, 0) is 21.5 Å². The average Bonchev–Trinajstić information content (AvgIpc) is 2.16. The van der Waals surface area contributed by atoms with Gasteiger partial charge in [0, 0.05) is 6.92 Å². The van der Waals surface area contributed by atoms with Crippen molar-refractivity contribution in [2.75, 3.05) is 0 Å². The standard InChI is InChI=1S/C9H7F2N3O2/c1-5-4-6(2-3-12)7(8(10)11)9(13-5)14(15)16/h4,8H,2H2,1H3. The third-order valence-electron chi connectivity index (χ3n) is 1.91. The van der Waals surface area contributed by atoms with Gasteiger partial charge in [-0.3, -0.25) is 0 Å². The summed E-state index contributed by atoms with van der Waals surface area (Å²) in [5, 5.41) is 19.0. The molecular weight excluding hydrogens is 220 g/mol. The van der Waals surface area contributed by atoms with E-state index < -0.39 is 22.7 Å². The molecule has 0 fully saturated rings. The minimum Gasteiger partial charge on any atom is -0.358 e. The fraction of sp³-hybridized carbons (Fsp3) is 0.333. The molecule has 84 valence electrons. The van der Waals surface area contributed by atoms with Gasteiger partial charge in [-0.1, -0.05) is 0 Å². The van der Waals surface area contributed by atoms with Crippen molar-refractivity contribution >= 4 is 5.82 Å². The summed E-state index contributed by atoms with van der Waals surface area (Å²) in [5.74, 6) is -0.875. The van der Waals surface area contributed by atoms with Crippen molar-refractivity contribution in [2.24, 2.45) is 0 Å². The molecule has 0 aliphatic carbocycles. The van der Waals surface area contributed by atoms with Crippen molar-refractivity contribution in [1.29, 1.82) is 5.26 Å². The number of nitriles is 1. The van der Waals surface area contributed by atoms with Crippen molar-refractivity contribution in [2.45, 2.75) is 19.8 Å². The second kappa shape index (κ2) is 4.61. The first-order valence-electron chi connectivity index (χ1n) is 4.27. The Kier molecular flexibility index (Phi) is 3.45. The van der Waals surface area contributed by atoms with E-state index in [0.29, 0.717) is 0 Å². The average molecular weight is 227 g/mol. The highest BCUT2D eigenvalue weighted by atomic mass is 19.3. The van der Waals surface area contributed by atoms with Crippen LogP contribution >= 0.6 is 0 Å². The third kappa shape index (κ3) is 2.28. The largest absolute Gasteiger partial charge is 0.372 e. The topological polar surface area (TPSA) is 79.8 Å². The number of alkyl halides is 2. The van der Waals surface area contributed by atoms with Crippen LogP contribution in [0, 0.1) is 28.4 Å². The smallest absolute Gasteiger partial charge is 0.358 e. The summed E-state index contributed by atoms with van der Waals surface area (Å²) in [5.41, 5.74) is -0.574. The maximum Gasteiger partial charge on any atom is 0.372 e. The number of hydrogen-bond donors (Lipinski definition) is 0. The molecule has 0 amide bonds. The molecule has 1 rings (SSSR count). The van der Waals surface area contributed by atoms with Gasteiger partial charge in [-0.15, -0.1) is 0 Å². The van der Waals surface area contributed by atoms with Crippen LogP contribution in [-0.4, -0.2) is 9.91 Å². The van der Waals surface area contributed by atoms with Crippen LogP contribution in [0.1, 0.15) is 23.2 Å². The Balaban J connectivity index is 3.48. The lowest BCUT2D eigenvalue weighted by Gasteiger charge is -2.06. The SMILES string of the molecule is Cc1cc(CC#N)c(C(F)F)c([N+](=O)[O-])n1. The van der Waals surface area contributed by atoms with Gasteiger partial charge in [0.25, 0.3) is 6.43 Å². The van der Waals surface area contributed by atoms with E-state index in [9.17, 15) is 18.9 Å². The van der Waals surface area contributed by atoms with Crippen molar-refractivity contribution in [3.63, 3.8) is 0 Å². The highest BCUT2D eigenvalue weighted by Gasteiger charge is 2.27. The summed E-state index contributed by atoms with van der Waals surface area (Å²) >= 11 is 0. The minimum absolute atomic E-state index is 0.0447. The van der Waals surface area contributed by atoms with E-state index in [2.05, 4.69) is 4.98 Å². The molecule has 0 aliphatic rings. The van der Waals surface area contributed by atoms with E-state index in [-0.39, 0.29) is 17.7 Å². The molecule has 16 heavy (non-hydrogen) atoms. The third-order valence-corrected chi connectivity index (χ3v) is 1.91. The predicted octanol–water partition coefficient (Wildman–Crippen LogP) is 2.30. The molecule has 1 aromatic heterocycles. The van der Waals surface area contributed by atoms with E-state index in [1.165, 1.54) is 13.0 Å². The lowest BCUT2D eigenvalue weighted by molar-refractivity contribution is -0.391. The van der Waals surface area contributed by atoms with Gasteiger partial charge in [-0.2, -0.15) is 5.26 Å². The van der Waals surface area contributed by atoms with Gasteiger partial charge < -0.3 is 10.1 Å². The number of nitrogens with zero attached hydrogens (tertiary/aromatic N) is 3. The molecule has 0 bridgehead atoms. The molecule has 0 atom stereocenters. The highest BCUT2D eigenvalue weighted by molar-refractivity contribution is 5.43. The van der Waals surface area contributed by atoms with Crippen molar-refractivity contribution in [1.82, 2.24) is 4.98 Å². The number of halogens is 2. The van der Waals surface area contributed by atoms with Crippen LogP contribution in [-0.2, 0) is 6.42 Å². The molecule has 1 aromatic rings. The monoisotopic (exact) mass is 227 g/mol. The second-order valence-electron chi connectivity index (χ2n) is 3.05. The van der Waals surface area contributed by atoms with E-state index in [1.807, 2.05) is 0 Å². The Labute approximate surface area is 89.5 Å². The molecule has 0 aromatic carbocycles. The first-order valence-corrected chi connectivity index (χ1v) is 4.27. The van der Waals surface area contributed by atoms with Gasteiger partial charge in [0.15, 0.2) is 0 Å². The second-order valence-corrected chi connectivity index (χ2v) is 3.05. The Hall–Kier alpha value is -2.10. The number of aromatic nitrogens is 1. The van der Waals surface area contributed by atoms with Crippen molar-refractivity contribution < 1.29 is 13.7 Å². The van der Waals surface area contributed by atoms with E-state index in [1.54, 1.807) is 6.07 Å². The zero-order chi connectivity index (χ0) is 12.3. The number of nitro groups is 1. The summed E-state index contributed by atoms with van der Waals surface area (Å²) in [6.07, 6.45) is -3.32. The van der Waals surface area contributed by atoms with Crippen LogP contribution in [0.2, 0.25) is 0 Å². The van der Waals surface area contributed by atoms with Crippen LogP contribution in [0.4, 0.5) is 14.6 Å². The maximum atomic E-state index is 12.6. The number of hydrogen-bond acceptors (Lipinski definition) is 4. The summed E-state index contributed by atoms with van der Waals surface area (Å²) in [4.78, 5) is 13.0. The van der Waals surface area contributed by atoms with Crippen LogP contribution in [0.3, 0.4) is 0 Å². The molecular formula is C9H7F2N3O2. The van der Waals surface area contributed by atoms with Crippen LogP contribution < -0.4 is 0 Å². The molecule has 0 N–H and O–H groups in total. The van der Waals surface area contributed by atoms with Crippen LogP contribution in [0.25, 0.3) is 0 Å². The zero-order valence-electron chi connectivity index (χ0n) is 8.28. The van der Waals surface area contributed by atoms with Crippen molar-refractivity contribution in [3.8, 4) is 6.07 Å². The zero-order valence-corrected chi connectivity index (χ0v) is 8.28. The lowest BCUT2D eigenvalue weighted by Crippen LogP contribution is -2.05. The fourth-order valence-corrected chi connectivity index (χ4v) is 1.34.